The molecule has 10 aliphatic carbocycles. The van der Waals surface area contributed by atoms with Crippen LogP contribution in [-0.4, -0.2) is 4.57 Å². The van der Waals surface area contributed by atoms with Gasteiger partial charge in [-0.2, -0.15) is 0 Å². The van der Waals surface area contributed by atoms with E-state index in [0.29, 0.717) is 10.8 Å². The molecule has 1 aromatic heterocycles. The molecule has 0 unspecified atom stereocenters. The third-order valence-corrected chi connectivity index (χ3v) is 36.3. The minimum atomic E-state index is -0.281. The zero-order valence-electron chi connectivity index (χ0n) is 86.2. The van der Waals surface area contributed by atoms with Crippen LogP contribution in [0.4, 0.5) is 68.2 Å². The molecule has 0 radical (unpaired) electrons. The first-order chi connectivity index (χ1) is 73.6. The van der Waals surface area contributed by atoms with Crippen LogP contribution in [0.25, 0.3) is 116 Å². The van der Waals surface area contributed by atoms with Crippen LogP contribution < -0.4 is 19.6 Å². The third-order valence-electron chi connectivity index (χ3n) is 36.3. The van der Waals surface area contributed by atoms with Crippen LogP contribution in [0.5, 0.6) is 0 Å². The fourth-order valence-corrected chi connectivity index (χ4v) is 29.8. The molecule has 10 aliphatic rings. The largest absolute Gasteiger partial charge is 0.310 e. The summed E-state index contributed by atoms with van der Waals surface area (Å²) < 4.78 is 2.38. The normalized spacial score (nSPS) is 19.7. The molecule has 0 N–H and O–H groups in total. The number of anilines is 12. The predicted octanol–water partition coefficient (Wildman–Crippen LogP) is 39.7. The van der Waals surface area contributed by atoms with E-state index >= 15 is 0 Å². The molecular formula is C145H123N5. The third kappa shape index (κ3) is 15.9. The van der Waals surface area contributed by atoms with Crippen molar-refractivity contribution in [1.82, 2.24) is 4.57 Å². The van der Waals surface area contributed by atoms with Gasteiger partial charge >= 0.3 is 0 Å². The maximum atomic E-state index is 2.59. The SMILES string of the molecule is CC1(C)c2ccccc2-c2ccc(N(c3ccc(-c4ccc(N(c5ccccc5)c5ccc6c(c5)c5ccccc5n6-c5ccccc5)cc4)cc3)c3ccc(C45CC6CC(CC(C6)C4)C5)cc3)cc21.Cc1cc(C23CC4CC(CC(C4)C2)C3)ccc1N(c1ccc(-c2ccc(-c3ccccc3)cc2)cc1)c1ccc2c(c1)C(C)(C)c1cc(N(c3ccc(-c4ccccc4)cc3)c3ccc(-c4cccc5ccccc45)cc3)ccc1-2. The first kappa shape index (κ1) is 91.1. The number of nitrogens with zero attached hydrogens (tertiary/aromatic N) is 5. The molecule has 0 atom stereocenters. The lowest BCUT2D eigenvalue weighted by Crippen LogP contribution is -2.48. The summed E-state index contributed by atoms with van der Waals surface area (Å²) in [5.41, 5.74) is 45.3. The molecule has 0 aliphatic heterocycles. The van der Waals surface area contributed by atoms with E-state index in [1.54, 1.807) is 11.1 Å². The van der Waals surface area contributed by atoms with Crippen LogP contribution in [0, 0.1) is 42.4 Å². The van der Waals surface area contributed by atoms with Crippen molar-refractivity contribution in [3.05, 3.63) is 512 Å². The number of aryl methyl sites for hydroxylation is 1. The molecule has 21 aromatic rings. The highest BCUT2D eigenvalue weighted by Gasteiger charge is 2.54. The number of hydrogen-bond acceptors (Lipinski definition) is 4. The van der Waals surface area contributed by atoms with Gasteiger partial charge in [-0.25, -0.2) is 0 Å². The molecule has 0 amide bonds. The molecule has 8 fully saturated rings. The Morgan fingerprint density at radius 2 is 0.513 bits per heavy atom. The number of rotatable bonds is 20. The van der Waals surface area contributed by atoms with Crippen molar-refractivity contribution in [2.24, 2.45) is 35.5 Å². The molecule has 20 aromatic carbocycles. The van der Waals surface area contributed by atoms with Crippen molar-refractivity contribution < 1.29 is 0 Å². The van der Waals surface area contributed by atoms with Gasteiger partial charge in [0.05, 0.1) is 11.0 Å². The van der Waals surface area contributed by atoms with E-state index in [1.165, 1.54) is 238 Å². The number of aromatic nitrogens is 1. The average Bonchev–Trinajstić information content (AvgIpc) is 1.16. The second kappa shape index (κ2) is 36.6. The Bertz CT molecular complexity index is 8630. The number of hydrogen-bond donors (Lipinski definition) is 0. The molecule has 8 bridgehead atoms. The van der Waals surface area contributed by atoms with E-state index in [9.17, 15) is 0 Å². The molecule has 0 saturated heterocycles. The summed E-state index contributed by atoms with van der Waals surface area (Å²) in [5.74, 6) is 5.49. The summed E-state index contributed by atoms with van der Waals surface area (Å²) >= 11 is 0. The molecule has 5 nitrogen and oxygen atoms in total. The molecule has 150 heavy (non-hydrogen) atoms. The summed E-state index contributed by atoms with van der Waals surface area (Å²) in [6.45, 7) is 12.0. The summed E-state index contributed by atoms with van der Waals surface area (Å²) in [7, 11) is 0. The molecule has 0 spiro atoms. The van der Waals surface area contributed by atoms with E-state index in [2.05, 4.69) is 532 Å². The Hall–Kier alpha value is -16.3. The Kier molecular flexibility index (Phi) is 22.2. The topological polar surface area (TPSA) is 17.9 Å². The van der Waals surface area contributed by atoms with E-state index in [-0.39, 0.29) is 10.8 Å². The molecule has 5 heteroatoms. The summed E-state index contributed by atoms with van der Waals surface area (Å²) in [6, 6.07) is 177. The van der Waals surface area contributed by atoms with Crippen molar-refractivity contribution in [3.63, 3.8) is 0 Å². The van der Waals surface area contributed by atoms with Crippen molar-refractivity contribution in [2.45, 2.75) is 133 Å². The van der Waals surface area contributed by atoms with Crippen LogP contribution >= 0.6 is 0 Å². The van der Waals surface area contributed by atoms with Crippen LogP contribution in [0.1, 0.15) is 144 Å². The highest BCUT2D eigenvalue weighted by Crippen LogP contribution is 2.64. The van der Waals surface area contributed by atoms with Gasteiger partial charge in [-0.15, -0.1) is 0 Å². The standard InChI is InChI=1S/C78H66N2.C67H57N3/c1-52-43-64(78-49-53-44-54(50-78)46-55(45-53)51-78)31-42-76(52)80(67-34-27-61(28-35-67)59-23-21-58(22-24-59)56-13-6-4-7-14-56)69-39-41-73-72-40-38-68(47-74(72)77(2,3)75(73)48-69)79(65-32-25-60(26-33-65)57-15-8-5-9-16-57)66-36-29-63(30-37-66)71-20-12-18-62-17-10-11-19-70(62)71;1-66(2)62-19-11-9-17-58(62)59-35-33-57(41-63(59)66)69(55-31-25-50(26-32-55)67-42-45-37-46(43-67)39-47(38-45)44-67)54-29-23-49(24-30-54)48-21-27-53(28-22-48)68(51-13-5-3-6-14-51)56-34-36-65-61(40-56)60-18-10-12-20-64(60)70(65)52-15-7-4-8-16-52/h4-43,47-48,53-55H,44-46,49-51H2,1-3H3;3-36,40-41,45-47H,37-39,42-44H2,1-2H3. The van der Waals surface area contributed by atoms with Crippen LogP contribution in [-0.2, 0) is 21.7 Å². The van der Waals surface area contributed by atoms with Gasteiger partial charge in [0.1, 0.15) is 0 Å². The Morgan fingerprint density at radius 1 is 0.207 bits per heavy atom. The van der Waals surface area contributed by atoms with Crippen LogP contribution in [0.15, 0.2) is 473 Å². The van der Waals surface area contributed by atoms with E-state index < -0.39 is 0 Å². The number of benzene rings is 20. The van der Waals surface area contributed by atoms with Crippen LogP contribution in [0.3, 0.4) is 0 Å². The second-order valence-electron chi connectivity index (χ2n) is 46.1. The number of para-hydroxylation sites is 3. The monoisotopic (exact) mass is 1930 g/mol. The van der Waals surface area contributed by atoms with E-state index in [1.807, 2.05) is 0 Å². The lowest BCUT2D eigenvalue weighted by atomic mass is 9.48. The fourth-order valence-electron chi connectivity index (χ4n) is 29.8. The Labute approximate surface area is 883 Å². The van der Waals surface area contributed by atoms with Gasteiger partial charge in [0, 0.05) is 95.5 Å². The maximum Gasteiger partial charge on any atom is 0.0542 e. The van der Waals surface area contributed by atoms with Gasteiger partial charge in [0.25, 0.3) is 0 Å². The zero-order valence-corrected chi connectivity index (χ0v) is 86.2. The zero-order chi connectivity index (χ0) is 100. The quantitative estimate of drug-likeness (QED) is 0.0756. The summed E-state index contributed by atoms with van der Waals surface area (Å²) in [5, 5.41) is 4.99. The highest BCUT2D eigenvalue weighted by molar-refractivity contribution is 6.11. The van der Waals surface area contributed by atoms with Gasteiger partial charge in [-0.1, -0.05) is 337 Å². The molecule has 728 valence electrons. The maximum absolute atomic E-state index is 2.59. The van der Waals surface area contributed by atoms with Crippen molar-refractivity contribution in [3.8, 4) is 83.6 Å². The molecule has 31 rings (SSSR count). The fraction of sp³-hybridized carbons (Fsp3) is 0.186. The van der Waals surface area contributed by atoms with Crippen LogP contribution in [0.2, 0.25) is 0 Å². The van der Waals surface area contributed by atoms with Gasteiger partial charge in [-0.05, 0) is 422 Å². The summed E-state index contributed by atoms with van der Waals surface area (Å²) in [6.07, 6.45) is 17.0. The Balaban J connectivity index is 0.000000145. The van der Waals surface area contributed by atoms with Gasteiger partial charge in [0.2, 0.25) is 0 Å². The van der Waals surface area contributed by atoms with E-state index in [4.69, 9.17) is 0 Å². The minimum Gasteiger partial charge on any atom is -0.310 e. The first-order valence-electron chi connectivity index (χ1n) is 54.9. The molecular weight excluding hydrogens is 1810 g/mol. The number of fused-ring (bicyclic) bond motifs is 10. The smallest absolute Gasteiger partial charge is 0.0542 e. The minimum absolute atomic E-state index is 0.0857. The highest BCUT2D eigenvalue weighted by atomic mass is 15.2. The lowest BCUT2D eigenvalue weighted by molar-refractivity contribution is -0.00531. The summed E-state index contributed by atoms with van der Waals surface area (Å²) in [4.78, 5) is 9.84. The first-order valence-corrected chi connectivity index (χ1v) is 54.9. The second-order valence-corrected chi connectivity index (χ2v) is 46.1. The van der Waals surface area contributed by atoms with Gasteiger partial charge in [-0.3, -0.25) is 0 Å². The van der Waals surface area contributed by atoms with Crippen molar-refractivity contribution in [1.29, 1.82) is 0 Å². The van der Waals surface area contributed by atoms with Crippen molar-refractivity contribution in [2.75, 3.05) is 19.6 Å². The predicted molar refractivity (Wildman–Crippen MR) is 630 cm³/mol. The van der Waals surface area contributed by atoms with Gasteiger partial charge in [0.15, 0.2) is 0 Å². The Morgan fingerprint density at radius 3 is 0.980 bits per heavy atom. The molecule has 8 saturated carbocycles. The van der Waals surface area contributed by atoms with E-state index in [0.717, 1.165) is 86.7 Å². The van der Waals surface area contributed by atoms with Gasteiger partial charge < -0.3 is 24.2 Å². The average molecular weight is 1940 g/mol. The lowest BCUT2D eigenvalue weighted by Gasteiger charge is -2.57. The van der Waals surface area contributed by atoms with Crippen molar-refractivity contribution >= 4 is 101 Å². The molecule has 1 heterocycles.